The molecule has 4 heteroatoms. The molecule has 0 aromatic heterocycles. The third-order valence-corrected chi connectivity index (χ3v) is 4.49. The Balaban J connectivity index is 1.94. The van der Waals surface area contributed by atoms with Gasteiger partial charge in [0, 0.05) is 11.1 Å². The average molecular weight is 372 g/mol. The molecule has 3 aromatic rings. The van der Waals surface area contributed by atoms with Gasteiger partial charge in [-0.05, 0) is 50.1 Å². The van der Waals surface area contributed by atoms with Gasteiger partial charge in [0.1, 0.15) is 0 Å². The van der Waals surface area contributed by atoms with Crippen LogP contribution in [0.3, 0.4) is 0 Å². The van der Waals surface area contributed by atoms with Crippen LogP contribution in [0.5, 0.6) is 0 Å². The van der Waals surface area contributed by atoms with E-state index in [0.29, 0.717) is 5.56 Å². The van der Waals surface area contributed by atoms with Gasteiger partial charge in [-0.1, -0.05) is 54.1 Å². The summed E-state index contributed by atoms with van der Waals surface area (Å²) < 4.78 is 5.00. The summed E-state index contributed by atoms with van der Waals surface area (Å²) >= 11 is 0. The lowest BCUT2D eigenvalue weighted by Gasteiger charge is -2.13. The summed E-state index contributed by atoms with van der Waals surface area (Å²) in [7, 11) is 0. The molecule has 3 rings (SSSR count). The minimum absolute atomic E-state index is 0.0659. The Kier molecular flexibility index (Phi) is 5.50. The molecule has 4 nitrogen and oxygen atoms in total. The maximum absolute atomic E-state index is 13.2. The van der Waals surface area contributed by atoms with Gasteiger partial charge in [0.25, 0.3) is 0 Å². The van der Waals surface area contributed by atoms with E-state index >= 15 is 0 Å². The van der Waals surface area contributed by atoms with Crippen molar-refractivity contribution in [2.24, 2.45) is 0 Å². The summed E-state index contributed by atoms with van der Waals surface area (Å²) in [6.07, 6.45) is 0. The predicted molar refractivity (Wildman–Crippen MR) is 107 cm³/mol. The second kappa shape index (κ2) is 8.01. The SMILES string of the molecule is Cc1cc(C)c(C(=O)c2ccccc2C(=O)OC(=O)c2ccccc2)c(C)c1. The Morgan fingerprint density at radius 3 is 1.82 bits per heavy atom. The molecular weight excluding hydrogens is 352 g/mol. The number of rotatable bonds is 4. The van der Waals surface area contributed by atoms with E-state index in [-0.39, 0.29) is 22.5 Å². The van der Waals surface area contributed by atoms with Crippen molar-refractivity contribution in [1.82, 2.24) is 0 Å². The normalized spacial score (nSPS) is 10.4. The van der Waals surface area contributed by atoms with Gasteiger partial charge in [-0.3, -0.25) is 4.79 Å². The van der Waals surface area contributed by atoms with Gasteiger partial charge in [-0.25, -0.2) is 9.59 Å². The summed E-state index contributed by atoms with van der Waals surface area (Å²) in [6.45, 7) is 5.70. The topological polar surface area (TPSA) is 60.4 Å². The molecule has 0 amide bonds. The molecule has 0 aliphatic carbocycles. The van der Waals surface area contributed by atoms with Gasteiger partial charge in [0.05, 0.1) is 11.1 Å². The van der Waals surface area contributed by atoms with E-state index in [0.717, 1.165) is 16.7 Å². The van der Waals surface area contributed by atoms with Gasteiger partial charge in [0.2, 0.25) is 0 Å². The largest absolute Gasteiger partial charge is 0.386 e. The quantitative estimate of drug-likeness (QED) is 0.373. The fourth-order valence-corrected chi connectivity index (χ4v) is 3.30. The number of hydrogen-bond donors (Lipinski definition) is 0. The lowest BCUT2D eigenvalue weighted by Crippen LogP contribution is -2.17. The van der Waals surface area contributed by atoms with E-state index < -0.39 is 11.9 Å². The van der Waals surface area contributed by atoms with Crippen LogP contribution in [0.4, 0.5) is 0 Å². The van der Waals surface area contributed by atoms with Gasteiger partial charge < -0.3 is 4.74 Å². The molecule has 0 saturated heterocycles. The molecule has 0 aliphatic heterocycles. The Morgan fingerprint density at radius 2 is 1.21 bits per heavy atom. The first-order valence-corrected chi connectivity index (χ1v) is 8.91. The molecule has 0 aliphatic rings. The van der Waals surface area contributed by atoms with Crippen molar-refractivity contribution in [3.05, 3.63) is 106 Å². The lowest BCUT2D eigenvalue weighted by atomic mass is 9.91. The monoisotopic (exact) mass is 372 g/mol. The van der Waals surface area contributed by atoms with E-state index in [9.17, 15) is 14.4 Å². The van der Waals surface area contributed by atoms with Crippen LogP contribution in [-0.4, -0.2) is 17.7 Å². The molecule has 0 bridgehead atoms. The number of ketones is 1. The van der Waals surface area contributed by atoms with Crippen LogP contribution in [0.15, 0.2) is 66.7 Å². The zero-order valence-corrected chi connectivity index (χ0v) is 16.0. The molecule has 0 radical (unpaired) electrons. The van der Waals surface area contributed by atoms with Gasteiger partial charge >= 0.3 is 11.9 Å². The fourth-order valence-electron chi connectivity index (χ4n) is 3.30. The third kappa shape index (κ3) is 3.91. The van der Waals surface area contributed by atoms with Gasteiger partial charge in [-0.15, -0.1) is 0 Å². The van der Waals surface area contributed by atoms with Crippen LogP contribution in [0, 0.1) is 20.8 Å². The van der Waals surface area contributed by atoms with Crippen LogP contribution in [-0.2, 0) is 4.74 Å². The molecular formula is C24H20O4. The van der Waals surface area contributed by atoms with Crippen molar-refractivity contribution >= 4 is 17.7 Å². The van der Waals surface area contributed by atoms with Crippen molar-refractivity contribution in [2.45, 2.75) is 20.8 Å². The molecule has 0 atom stereocenters. The first kappa shape index (κ1) is 19.2. The van der Waals surface area contributed by atoms with E-state index in [2.05, 4.69) is 0 Å². The van der Waals surface area contributed by atoms with Crippen LogP contribution in [0.25, 0.3) is 0 Å². The standard InChI is InChI=1S/C24H20O4/c1-15-13-16(2)21(17(3)14-15)22(25)19-11-7-8-12-20(19)24(27)28-23(26)18-9-5-4-6-10-18/h4-14H,1-3H3. The Hall–Kier alpha value is -3.53. The first-order chi connectivity index (χ1) is 13.4. The summed E-state index contributed by atoms with van der Waals surface area (Å²) in [6, 6.07) is 18.5. The molecule has 0 saturated carbocycles. The smallest absolute Gasteiger partial charge is 0.346 e. The number of esters is 2. The van der Waals surface area contributed by atoms with Crippen molar-refractivity contribution in [3.8, 4) is 0 Å². The number of hydrogen-bond acceptors (Lipinski definition) is 4. The first-order valence-electron chi connectivity index (χ1n) is 8.91. The minimum atomic E-state index is -0.847. The maximum atomic E-state index is 13.2. The molecule has 0 heterocycles. The highest BCUT2D eigenvalue weighted by molar-refractivity contribution is 6.17. The number of carbonyl (C=O) groups excluding carboxylic acids is 3. The molecule has 3 aromatic carbocycles. The summed E-state index contributed by atoms with van der Waals surface area (Å²) in [5, 5.41) is 0. The second-order valence-electron chi connectivity index (χ2n) is 6.69. The zero-order chi connectivity index (χ0) is 20.3. The molecule has 0 N–H and O–H groups in total. The number of carbonyl (C=O) groups is 3. The summed E-state index contributed by atoms with van der Waals surface area (Å²) in [4.78, 5) is 38.0. The summed E-state index contributed by atoms with van der Waals surface area (Å²) in [5.41, 5.74) is 3.84. The van der Waals surface area contributed by atoms with Crippen LogP contribution < -0.4 is 0 Å². The highest BCUT2D eigenvalue weighted by atomic mass is 16.6. The highest BCUT2D eigenvalue weighted by Gasteiger charge is 2.23. The number of aryl methyl sites for hydroxylation is 3. The summed E-state index contributed by atoms with van der Waals surface area (Å²) in [5.74, 6) is -1.87. The van der Waals surface area contributed by atoms with Crippen molar-refractivity contribution in [3.63, 3.8) is 0 Å². The second-order valence-corrected chi connectivity index (χ2v) is 6.69. The molecule has 0 unspecified atom stereocenters. The van der Waals surface area contributed by atoms with Crippen molar-refractivity contribution < 1.29 is 19.1 Å². The Morgan fingerprint density at radius 1 is 0.679 bits per heavy atom. The minimum Gasteiger partial charge on any atom is -0.386 e. The highest BCUT2D eigenvalue weighted by Crippen LogP contribution is 2.23. The fraction of sp³-hybridized carbons (Fsp3) is 0.125. The van der Waals surface area contributed by atoms with E-state index in [1.807, 2.05) is 32.9 Å². The van der Waals surface area contributed by atoms with Crippen LogP contribution in [0.2, 0.25) is 0 Å². The lowest BCUT2D eigenvalue weighted by molar-refractivity contribution is 0.0396. The Bertz CT molecular complexity index is 1040. The van der Waals surface area contributed by atoms with Crippen molar-refractivity contribution in [2.75, 3.05) is 0 Å². The average Bonchev–Trinajstić information content (AvgIpc) is 2.67. The maximum Gasteiger partial charge on any atom is 0.346 e. The van der Waals surface area contributed by atoms with E-state index in [1.165, 1.54) is 6.07 Å². The van der Waals surface area contributed by atoms with E-state index in [1.54, 1.807) is 48.5 Å². The van der Waals surface area contributed by atoms with Crippen LogP contribution in [0.1, 0.15) is 53.3 Å². The molecule has 28 heavy (non-hydrogen) atoms. The van der Waals surface area contributed by atoms with Crippen molar-refractivity contribution in [1.29, 1.82) is 0 Å². The molecule has 0 spiro atoms. The molecule has 0 fully saturated rings. The molecule has 140 valence electrons. The van der Waals surface area contributed by atoms with Gasteiger partial charge in [0.15, 0.2) is 5.78 Å². The Labute approximate surface area is 163 Å². The zero-order valence-electron chi connectivity index (χ0n) is 16.0. The predicted octanol–water partition coefficient (Wildman–Crippen LogP) is 4.84. The number of benzene rings is 3. The third-order valence-electron chi connectivity index (χ3n) is 4.49. The number of ether oxygens (including phenoxy) is 1. The van der Waals surface area contributed by atoms with E-state index in [4.69, 9.17) is 4.74 Å². The van der Waals surface area contributed by atoms with Gasteiger partial charge in [-0.2, -0.15) is 0 Å². The van der Waals surface area contributed by atoms with Crippen LogP contribution >= 0.6 is 0 Å².